The molecule has 0 bridgehead atoms. The van der Waals surface area contributed by atoms with Gasteiger partial charge in [-0.25, -0.2) is 9.78 Å². The van der Waals surface area contributed by atoms with Crippen molar-refractivity contribution in [3.8, 4) is 16.3 Å². The molecule has 0 saturated carbocycles. The minimum atomic E-state index is -0.960. The Kier molecular flexibility index (Phi) is 3.44. The molecule has 0 aliphatic heterocycles. The fourth-order valence-electron chi connectivity index (χ4n) is 1.30. The molecule has 2 rings (SSSR count). The minimum absolute atomic E-state index is 0.224. The first-order chi connectivity index (χ1) is 8.11. The Labute approximate surface area is 110 Å². The standard InChI is InChI=1S/C11H8BrNO3S/c1-16-8-4-6(2-3-7(8)12)10-13-5-9(17-10)11(14)15/h2-5H,1H3,(H,14,15). The summed E-state index contributed by atoms with van der Waals surface area (Å²) in [4.78, 5) is 15.1. The molecule has 0 radical (unpaired) electrons. The summed E-state index contributed by atoms with van der Waals surface area (Å²) < 4.78 is 6.02. The molecule has 0 atom stereocenters. The van der Waals surface area contributed by atoms with Gasteiger partial charge in [-0.1, -0.05) is 6.07 Å². The molecule has 1 N–H and O–H groups in total. The number of halogens is 1. The number of hydrogen-bond donors (Lipinski definition) is 1. The summed E-state index contributed by atoms with van der Waals surface area (Å²) in [5.74, 6) is -0.271. The molecule has 0 fully saturated rings. The highest BCUT2D eigenvalue weighted by Crippen LogP contribution is 2.32. The fourth-order valence-corrected chi connectivity index (χ4v) is 2.46. The van der Waals surface area contributed by atoms with Crippen LogP contribution in [0.2, 0.25) is 0 Å². The van der Waals surface area contributed by atoms with Gasteiger partial charge in [0.1, 0.15) is 15.6 Å². The Balaban J connectivity index is 2.42. The fraction of sp³-hybridized carbons (Fsp3) is 0.0909. The zero-order chi connectivity index (χ0) is 12.4. The molecule has 1 aromatic heterocycles. The summed E-state index contributed by atoms with van der Waals surface area (Å²) in [5.41, 5.74) is 0.836. The van der Waals surface area contributed by atoms with Crippen molar-refractivity contribution in [2.75, 3.05) is 7.11 Å². The average Bonchev–Trinajstić information content (AvgIpc) is 2.79. The molecule has 2 aromatic rings. The van der Waals surface area contributed by atoms with Gasteiger partial charge >= 0.3 is 5.97 Å². The van der Waals surface area contributed by atoms with Gasteiger partial charge in [0, 0.05) is 5.56 Å². The van der Waals surface area contributed by atoms with Crippen LogP contribution in [0.1, 0.15) is 9.67 Å². The molecule has 17 heavy (non-hydrogen) atoms. The molecule has 0 aliphatic rings. The van der Waals surface area contributed by atoms with E-state index in [9.17, 15) is 4.79 Å². The molecular formula is C11H8BrNO3S. The summed E-state index contributed by atoms with van der Waals surface area (Å²) in [6.07, 6.45) is 1.36. The first-order valence-electron chi connectivity index (χ1n) is 4.65. The van der Waals surface area contributed by atoms with Crippen LogP contribution in [-0.4, -0.2) is 23.2 Å². The number of carboxylic acid groups (broad SMARTS) is 1. The van der Waals surface area contributed by atoms with E-state index in [-0.39, 0.29) is 4.88 Å². The van der Waals surface area contributed by atoms with Crippen molar-refractivity contribution in [1.29, 1.82) is 0 Å². The van der Waals surface area contributed by atoms with E-state index in [1.807, 2.05) is 18.2 Å². The summed E-state index contributed by atoms with van der Waals surface area (Å²) >= 11 is 4.49. The van der Waals surface area contributed by atoms with Crippen LogP contribution in [0.3, 0.4) is 0 Å². The van der Waals surface area contributed by atoms with Gasteiger partial charge in [-0.3, -0.25) is 0 Å². The lowest BCUT2D eigenvalue weighted by Gasteiger charge is -2.04. The number of ether oxygens (including phenoxy) is 1. The Hall–Kier alpha value is -1.40. The third-order valence-electron chi connectivity index (χ3n) is 2.11. The van der Waals surface area contributed by atoms with Gasteiger partial charge < -0.3 is 9.84 Å². The summed E-state index contributed by atoms with van der Waals surface area (Å²) in [5, 5.41) is 9.49. The maximum atomic E-state index is 10.8. The molecule has 0 unspecified atom stereocenters. The van der Waals surface area contributed by atoms with E-state index in [2.05, 4.69) is 20.9 Å². The number of carboxylic acids is 1. The Morgan fingerprint density at radius 3 is 2.88 bits per heavy atom. The number of aromatic carboxylic acids is 1. The van der Waals surface area contributed by atoms with Crippen molar-refractivity contribution < 1.29 is 14.6 Å². The van der Waals surface area contributed by atoms with E-state index in [0.29, 0.717) is 10.8 Å². The van der Waals surface area contributed by atoms with Crippen molar-refractivity contribution in [2.45, 2.75) is 0 Å². The second kappa shape index (κ2) is 4.85. The van der Waals surface area contributed by atoms with Crippen molar-refractivity contribution >= 4 is 33.2 Å². The van der Waals surface area contributed by atoms with Crippen LogP contribution < -0.4 is 4.74 Å². The van der Waals surface area contributed by atoms with E-state index >= 15 is 0 Å². The number of nitrogens with zero attached hydrogens (tertiary/aromatic N) is 1. The minimum Gasteiger partial charge on any atom is -0.496 e. The third-order valence-corrected chi connectivity index (χ3v) is 3.80. The molecule has 0 spiro atoms. The number of thiazole rings is 1. The molecule has 1 aromatic carbocycles. The predicted molar refractivity (Wildman–Crippen MR) is 68.8 cm³/mol. The first-order valence-corrected chi connectivity index (χ1v) is 6.26. The van der Waals surface area contributed by atoms with Crippen LogP contribution in [0.5, 0.6) is 5.75 Å². The number of carbonyl (C=O) groups is 1. The number of methoxy groups -OCH3 is 1. The summed E-state index contributed by atoms with van der Waals surface area (Å²) in [7, 11) is 1.58. The zero-order valence-corrected chi connectivity index (χ0v) is 11.2. The second-order valence-corrected chi connectivity index (χ2v) is 5.07. The molecule has 0 aliphatic carbocycles. The van der Waals surface area contributed by atoms with Crippen molar-refractivity contribution in [3.63, 3.8) is 0 Å². The summed E-state index contributed by atoms with van der Waals surface area (Å²) in [6, 6.07) is 5.52. The zero-order valence-electron chi connectivity index (χ0n) is 8.81. The lowest BCUT2D eigenvalue weighted by Crippen LogP contribution is -1.89. The molecule has 88 valence electrons. The van der Waals surface area contributed by atoms with E-state index in [0.717, 1.165) is 21.4 Å². The van der Waals surface area contributed by atoms with Crippen LogP contribution >= 0.6 is 27.3 Å². The molecule has 1 heterocycles. The van der Waals surface area contributed by atoms with Crippen LogP contribution in [0.15, 0.2) is 28.9 Å². The molecular weight excluding hydrogens is 306 g/mol. The van der Waals surface area contributed by atoms with Crippen LogP contribution in [0.25, 0.3) is 10.6 Å². The summed E-state index contributed by atoms with van der Waals surface area (Å²) in [6.45, 7) is 0. The van der Waals surface area contributed by atoms with Crippen molar-refractivity contribution in [3.05, 3.63) is 33.7 Å². The lowest BCUT2D eigenvalue weighted by atomic mass is 10.2. The van der Waals surface area contributed by atoms with Gasteiger partial charge in [0.2, 0.25) is 0 Å². The van der Waals surface area contributed by atoms with Gasteiger partial charge in [-0.2, -0.15) is 0 Å². The van der Waals surface area contributed by atoms with Gasteiger partial charge in [0.15, 0.2) is 0 Å². The maximum Gasteiger partial charge on any atom is 0.347 e. The number of hydrogen-bond acceptors (Lipinski definition) is 4. The monoisotopic (exact) mass is 313 g/mol. The Morgan fingerprint density at radius 1 is 1.53 bits per heavy atom. The molecule has 4 nitrogen and oxygen atoms in total. The molecule has 0 amide bonds. The highest BCUT2D eigenvalue weighted by Gasteiger charge is 2.11. The van der Waals surface area contributed by atoms with E-state index in [1.165, 1.54) is 6.20 Å². The predicted octanol–water partition coefficient (Wildman–Crippen LogP) is 3.28. The van der Waals surface area contributed by atoms with Crippen LogP contribution in [-0.2, 0) is 0 Å². The average molecular weight is 314 g/mol. The molecule has 0 saturated heterocycles. The quantitative estimate of drug-likeness (QED) is 0.944. The second-order valence-electron chi connectivity index (χ2n) is 3.18. The third kappa shape index (κ3) is 2.48. The smallest absolute Gasteiger partial charge is 0.347 e. The highest BCUT2D eigenvalue weighted by atomic mass is 79.9. The number of rotatable bonds is 3. The van der Waals surface area contributed by atoms with Gasteiger partial charge in [-0.05, 0) is 28.1 Å². The first kappa shape index (κ1) is 12.1. The SMILES string of the molecule is COc1cc(-c2ncc(C(=O)O)s2)ccc1Br. The van der Waals surface area contributed by atoms with Gasteiger partial charge in [-0.15, -0.1) is 11.3 Å². The van der Waals surface area contributed by atoms with Gasteiger partial charge in [0.05, 0.1) is 17.8 Å². The van der Waals surface area contributed by atoms with E-state index < -0.39 is 5.97 Å². The van der Waals surface area contributed by atoms with E-state index in [4.69, 9.17) is 9.84 Å². The highest BCUT2D eigenvalue weighted by molar-refractivity contribution is 9.10. The van der Waals surface area contributed by atoms with E-state index in [1.54, 1.807) is 7.11 Å². The van der Waals surface area contributed by atoms with Gasteiger partial charge in [0.25, 0.3) is 0 Å². The largest absolute Gasteiger partial charge is 0.496 e. The van der Waals surface area contributed by atoms with Crippen LogP contribution in [0.4, 0.5) is 0 Å². The number of aromatic nitrogens is 1. The maximum absolute atomic E-state index is 10.8. The van der Waals surface area contributed by atoms with Crippen molar-refractivity contribution in [2.24, 2.45) is 0 Å². The Bertz CT molecular complexity index is 568. The lowest BCUT2D eigenvalue weighted by molar-refractivity contribution is 0.0702. The Morgan fingerprint density at radius 2 is 2.29 bits per heavy atom. The van der Waals surface area contributed by atoms with Crippen LogP contribution in [0, 0.1) is 0 Å². The van der Waals surface area contributed by atoms with Crippen molar-refractivity contribution in [1.82, 2.24) is 4.98 Å². The normalized spacial score (nSPS) is 10.2. The topological polar surface area (TPSA) is 59.4 Å². The molecule has 6 heteroatoms. The number of benzene rings is 1.